The largest absolute Gasteiger partial charge is 0.439 e. The smallest absolute Gasteiger partial charge is 0.408 e. The van der Waals surface area contributed by atoms with Crippen molar-refractivity contribution in [1.29, 1.82) is 5.26 Å². The number of amides is 2. The first-order chi connectivity index (χ1) is 17.6. The van der Waals surface area contributed by atoms with E-state index in [1.807, 2.05) is 0 Å². The quantitative estimate of drug-likeness (QED) is 0.201. The molecule has 11 nitrogen and oxygen atoms in total. The Morgan fingerprint density at radius 2 is 1.92 bits per heavy atom. The number of likely N-dealkylation sites (tertiary alicyclic amines) is 1. The molecule has 4 aliphatic carbocycles. The van der Waals surface area contributed by atoms with Crippen LogP contribution in [0.2, 0.25) is 0 Å². The van der Waals surface area contributed by atoms with Crippen LogP contribution in [-0.2, 0) is 19.0 Å². The number of hydrogen-bond donors (Lipinski definition) is 1. The van der Waals surface area contributed by atoms with E-state index in [-0.39, 0.29) is 29.4 Å². The van der Waals surface area contributed by atoms with Gasteiger partial charge in [0.2, 0.25) is 0 Å². The van der Waals surface area contributed by atoms with Gasteiger partial charge < -0.3 is 24.4 Å². The monoisotopic (exact) mass is 516 g/mol. The van der Waals surface area contributed by atoms with Crippen LogP contribution < -0.4 is 5.32 Å². The van der Waals surface area contributed by atoms with Crippen LogP contribution in [0.15, 0.2) is 5.11 Å². The van der Waals surface area contributed by atoms with Gasteiger partial charge in [-0.05, 0) is 67.7 Å². The summed E-state index contributed by atoms with van der Waals surface area (Å²) in [5.41, 5.74) is 7.42. The van der Waals surface area contributed by atoms with Gasteiger partial charge in [0.15, 0.2) is 6.61 Å². The predicted octanol–water partition coefficient (Wildman–Crippen LogP) is 3.93. The molecular weight excluding hydrogens is 476 g/mol. The second-order valence-electron chi connectivity index (χ2n) is 12.3. The number of nitrogens with zero attached hydrogens (tertiary/aromatic N) is 5. The van der Waals surface area contributed by atoms with Gasteiger partial charge in [-0.2, -0.15) is 5.26 Å². The van der Waals surface area contributed by atoms with E-state index in [1.165, 1.54) is 4.90 Å². The first-order valence-corrected chi connectivity index (χ1v) is 13.5. The topological polar surface area (TPSA) is 150 Å². The molecule has 5 aliphatic rings. The van der Waals surface area contributed by atoms with Gasteiger partial charge in [0.1, 0.15) is 6.04 Å². The van der Waals surface area contributed by atoms with Gasteiger partial charge in [-0.15, -0.1) is 0 Å². The van der Waals surface area contributed by atoms with Crippen molar-refractivity contribution in [2.75, 3.05) is 39.5 Å². The normalized spacial score (nSPS) is 34.1. The van der Waals surface area contributed by atoms with Gasteiger partial charge in [-0.1, -0.05) is 25.9 Å². The molecule has 0 radical (unpaired) electrons. The fourth-order valence-electron chi connectivity index (χ4n) is 8.30. The minimum atomic E-state index is -0.575. The number of hydrogen-bond acceptors (Lipinski definition) is 7. The SMILES string of the molecule is CC(C)(C)C1C2(NC(=O)OCC(=O)N3CCC[C@H]3C#N)CC3CC(C2)CC1(OCCOCCN=[N+]=[N-])C3. The molecule has 4 saturated carbocycles. The van der Waals surface area contributed by atoms with Gasteiger partial charge in [-0.25, -0.2) is 4.79 Å². The standard InChI is InChI=1S/C26H40N6O5/c1-24(2,3)22-25(30-23(34)36-17-21(33)32-7-4-5-20(32)16-27)12-18-11-19(13-25)15-26(22,14-18)37-10-9-35-8-6-29-31-28/h18-20,22H,4-15,17H2,1-3H3,(H,30,34)/t18?,19?,20-,22?,25?,26?/m0/s1. The zero-order valence-electron chi connectivity index (χ0n) is 22.3. The van der Waals surface area contributed by atoms with Crippen molar-refractivity contribution in [3.8, 4) is 6.07 Å². The van der Waals surface area contributed by atoms with Crippen molar-refractivity contribution in [3.63, 3.8) is 0 Å². The summed E-state index contributed by atoms with van der Waals surface area (Å²) >= 11 is 0. The Balaban J connectivity index is 1.43. The molecular formula is C26H40N6O5. The summed E-state index contributed by atoms with van der Waals surface area (Å²) < 4.78 is 17.7. The average molecular weight is 517 g/mol. The van der Waals surface area contributed by atoms with Crippen LogP contribution in [0.3, 0.4) is 0 Å². The lowest BCUT2D eigenvalue weighted by Gasteiger charge is -2.68. The van der Waals surface area contributed by atoms with E-state index >= 15 is 0 Å². The molecule has 4 atom stereocenters. The van der Waals surface area contributed by atoms with E-state index in [0.717, 1.165) is 38.5 Å². The molecule has 3 unspecified atom stereocenters. The van der Waals surface area contributed by atoms with Crippen LogP contribution in [0.5, 0.6) is 0 Å². The molecule has 1 aliphatic heterocycles. The summed E-state index contributed by atoms with van der Waals surface area (Å²) in [5, 5.41) is 16.0. The van der Waals surface area contributed by atoms with E-state index in [4.69, 9.17) is 19.7 Å². The number of carbonyl (C=O) groups is 2. The molecule has 4 bridgehead atoms. The van der Waals surface area contributed by atoms with Crippen LogP contribution in [0, 0.1) is 34.5 Å². The maximum atomic E-state index is 13.1. The Bertz CT molecular complexity index is 938. The van der Waals surface area contributed by atoms with E-state index in [9.17, 15) is 14.9 Å². The molecule has 0 aromatic rings. The van der Waals surface area contributed by atoms with E-state index in [0.29, 0.717) is 51.2 Å². The van der Waals surface area contributed by atoms with Crippen molar-refractivity contribution in [2.24, 2.45) is 28.3 Å². The molecule has 37 heavy (non-hydrogen) atoms. The zero-order chi connectivity index (χ0) is 26.7. The first-order valence-electron chi connectivity index (χ1n) is 13.5. The van der Waals surface area contributed by atoms with Crippen molar-refractivity contribution in [3.05, 3.63) is 10.4 Å². The van der Waals surface area contributed by atoms with Crippen LogP contribution >= 0.6 is 0 Å². The molecule has 11 heteroatoms. The maximum absolute atomic E-state index is 13.1. The number of ether oxygens (including phenoxy) is 3. The minimum absolute atomic E-state index is 0.0632. The second-order valence-corrected chi connectivity index (χ2v) is 12.3. The zero-order valence-corrected chi connectivity index (χ0v) is 22.3. The number of azide groups is 1. The third-order valence-electron chi connectivity index (χ3n) is 8.60. The Hall–Kier alpha value is -2.54. The van der Waals surface area contributed by atoms with Gasteiger partial charge >= 0.3 is 6.09 Å². The minimum Gasteiger partial charge on any atom is -0.439 e. The van der Waals surface area contributed by atoms with Crippen molar-refractivity contribution in [1.82, 2.24) is 10.2 Å². The Kier molecular flexibility index (Phi) is 8.22. The fraction of sp³-hybridized carbons (Fsp3) is 0.885. The molecule has 204 valence electrons. The predicted molar refractivity (Wildman–Crippen MR) is 134 cm³/mol. The summed E-state index contributed by atoms with van der Waals surface area (Å²) in [7, 11) is 0. The highest BCUT2D eigenvalue weighted by Gasteiger charge is 2.67. The number of alkyl carbamates (subject to hydrolysis) is 1. The third-order valence-corrected chi connectivity index (χ3v) is 8.60. The summed E-state index contributed by atoms with van der Waals surface area (Å²) in [6.45, 7) is 8.28. The summed E-state index contributed by atoms with van der Waals surface area (Å²) in [4.78, 5) is 29.9. The Morgan fingerprint density at radius 3 is 2.57 bits per heavy atom. The lowest BCUT2D eigenvalue weighted by atomic mass is 9.42. The molecule has 0 spiro atoms. The van der Waals surface area contributed by atoms with E-state index < -0.39 is 17.7 Å². The highest BCUT2D eigenvalue weighted by Crippen LogP contribution is 2.65. The molecule has 0 aromatic carbocycles. The second kappa shape index (κ2) is 11.1. The van der Waals surface area contributed by atoms with E-state index in [2.05, 4.69) is 42.2 Å². The summed E-state index contributed by atoms with van der Waals surface area (Å²) in [5.74, 6) is 0.658. The first kappa shape index (κ1) is 27.5. The van der Waals surface area contributed by atoms with Crippen LogP contribution in [0.25, 0.3) is 10.4 Å². The molecule has 1 heterocycles. The van der Waals surface area contributed by atoms with Crippen LogP contribution in [0.4, 0.5) is 4.79 Å². The van der Waals surface area contributed by atoms with Crippen LogP contribution in [-0.4, -0.2) is 73.6 Å². The van der Waals surface area contributed by atoms with Gasteiger partial charge in [0, 0.05) is 29.5 Å². The summed E-state index contributed by atoms with van der Waals surface area (Å²) in [6.07, 6.45) is 5.71. The van der Waals surface area contributed by atoms with Crippen molar-refractivity contribution >= 4 is 12.0 Å². The number of nitrogens with one attached hydrogen (secondary N) is 1. The fourth-order valence-corrected chi connectivity index (χ4v) is 8.30. The summed E-state index contributed by atoms with van der Waals surface area (Å²) in [6, 6.07) is 1.72. The third kappa shape index (κ3) is 5.82. The highest BCUT2D eigenvalue weighted by molar-refractivity contribution is 5.81. The lowest BCUT2D eigenvalue weighted by Crippen LogP contribution is -2.74. The molecule has 1 saturated heterocycles. The molecule has 2 amide bonds. The maximum Gasteiger partial charge on any atom is 0.408 e. The van der Waals surface area contributed by atoms with Gasteiger partial charge in [0.25, 0.3) is 5.91 Å². The van der Waals surface area contributed by atoms with Crippen molar-refractivity contribution < 1.29 is 23.8 Å². The average Bonchev–Trinajstić information content (AvgIpc) is 3.29. The Morgan fingerprint density at radius 1 is 1.19 bits per heavy atom. The number of nitriles is 1. The molecule has 0 aromatic heterocycles. The van der Waals surface area contributed by atoms with Gasteiger partial charge in [-0.3, -0.25) is 4.79 Å². The molecule has 5 rings (SSSR count). The van der Waals surface area contributed by atoms with E-state index in [1.54, 1.807) is 0 Å². The number of carbonyl (C=O) groups excluding carboxylic acids is 2. The Labute approximate surface area is 218 Å². The number of rotatable bonds is 10. The van der Waals surface area contributed by atoms with Crippen LogP contribution in [0.1, 0.15) is 65.7 Å². The van der Waals surface area contributed by atoms with Crippen molar-refractivity contribution in [2.45, 2.75) is 82.9 Å². The molecule has 1 N–H and O–H groups in total. The van der Waals surface area contributed by atoms with Gasteiger partial charge in [0.05, 0.1) is 31.5 Å². The highest BCUT2D eigenvalue weighted by atomic mass is 16.6. The lowest BCUT2D eigenvalue weighted by molar-refractivity contribution is -0.243. The molecule has 5 fully saturated rings.